The fraction of sp³-hybridized carbons (Fsp3) is 0.778. The normalized spacial score (nSPS) is 30.2. The van der Waals surface area contributed by atoms with Crippen LogP contribution >= 0.6 is 0 Å². The van der Waals surface area contributed by atoms with E-state index < -0.39 is 5.41 Å². The lowest BCUT2D eigenvalue weighted by atomic mass is 9.78. The summed E-state index contributed by atoms with van der Waals surface area (Å²) in [7, 11) is 0. The van der Waals surface area contributed by atoms with Gasteiger partial charge in [-0.05, 0) is 6.42 Å². The predicted octanol–water partition coefficient (Wildman–Crippen LogP) is 0.882. The van der Waals surface area contributed by atoms with Crippen molar-refractivity contribution in [2.45, 2.75) is 33.1 Å². The van der Waals surface area contributed by atoms with Crippen LogP contribution in [-0.4, -0.2) is 18.2 Å². The number of hydrogen-bond acceptors (Lipinski definition) is 2. The maximum atomic E-state index is 11.4. The first kappa shape index (κ1) is 9.23. The molecule has 0 aromatic rings. The molecule has 1 fully saturated rings. The second kappa shape index (κ2) is 3.25. The molecule has 68 valence electrons. The lowest BCUT2D eigenvalue weighted by Gasteiger charge is -2.31. The number of Topliss-reactive ketones (excluding diaryl/α,β-unsaturated/α-hetero) is 1. The highest BCUT2D eigenvalue weighted by atomic mass is 16.2. The summed E-state index contributed by atoms with van der Waals surface area (Å²) in [6, 6.07) is 0. The Hall–Kier alpha value is -0.860. The molecule has 0 radical (unpaired) electrons. The average Bonchev–Trinajstić information content (AvgIpc) is 1.98. The van der Waals surface area contributed by atoms with Crippen molar-refractivity contribution in [1.29, 1.82) is 0 Å². The fourth-order valence-corrected chi connectivity index (χ4v) is 1.72. The number of nitrogens with one attached hydrogen (secondary N) is 1. The molecule has 12 heavy (non-hydrogen) atoms. The van der Waals surface area contributed by atoms with Gasteiger partial charge in [-0.3, -0.25) is 9.59 Å². The number of amides is 1. The molecule has 0 aliphatic carbocycles. The van der Waals surface area contributed by atoms with Crippen LogP contribution in [0.3, 0.4) is 0 Å². The van der Waals surface area contributed by atoms with Gasteiger partial charge in [-0.2, -0.15) is 0 Å². The third-order valence-corrected chi connectivity index (χ3v) is 2.38. The molecule has 0 bridgehead atoms. The van der Waals surface area contributed by atoms with Crippen LogP contribution in [0.5, 0.6) is 0 Å². The van der Waals surface area contributed by atoms with Crippen molar-refractivity contribution in [2.75, 3.05) is 6.54 Å². The zero-order chi connectivity index (χ0) is 9.19. The van der Waals surface area contributed by atoms with E-state index in [9.17, 15) is 9.59 Å². The van der Waals surface area contributed by atoms with Gasteiger partial charge in [-0.15, -0.1) is 0 Å². The summed E-state index contributed by atoms with van der Waals surface area (Å²) < 4.78 is 0. The van der Waals surface area contributed by atoms with E-state index in [1.54, 1.807) is 0 Å². The van der Waals surface area contributed by atoms with Gasteiger partial charge >= 0.3 is 0 Å². The maximum absolute atomic E-state index is 11.4. The Labute approximate surface area is 72.5 Å². The number of carbonyl (C=O) groups is 2. The average molecular weight is 169 g/mol. The van der Waals surface area contributed by atoms with Crippen LogP contribution in [0.15, 0.2) is 0 Å². The summed E-state index contributed by atoms with van der Waals surface area (Å²) in [6.07, 6.45) is 2.15. The van der Waals surface area contributed by atoms with Gasteiger partial charge in [0.1, 0.15) is 0 Å². The number of piperidine rings is 1. The molecule has 1 saturated heterocycles. The van der Waals surface area contributed by atoms with Gasteiger partial charge in [-0.1, -0.05) is 20.3 Å². The first-order chi connectivity index (χ1) is 5.58. The molecule has 3 nitrogen and oxygen atoms in total. The Morgan fingerprint density at radius 2 is 2.17 bits per heavy atom. The van der Waals surface area contributed by atoms with E-state index in [0.29, 0.717) is 6.42 Å². The van der Waals surface area contributed by atoms with Crippen molar-refractivity contribution < 1.29 is 9.59 Å². The van der Waals surface area contributed by atoms with E-state index in [4.69, 9.17) is 0 Å². The van der Waals surface area contributed by atoms with Crippen LogP contribution in [0.1, 0.15) is 33.1 Å². The zero-order valence-electron chi connectivity index (χ0n) is 7.64. The SMILES string of the molecule is CCCC1(C)CC(=O)CNC1=O. The summed E-state index contributed by atoms with van der Waals surface area (Å²) >= 11 is 0. The quantitative estimate of drug-likeness (QED) is 0.667. The highest BCUT2D eigenvalue weighted by Gasteiger charge is 2.37. The Morgan fingerprint density at radius 3 is 2.75 bits per heavy atom. The van der Waals surface area contributed by atoms with Gasteiger partial charge in [0.25, 0.3) is 0 Å². The molecule has 1 heterocycles. The molecule has 0 aromatic carbocycles. The fourth-order valence-electron chi connectivity index (χ4n) is 1.72. The third kappa shape index (κ3) is 1.65. The van der Waals surface area contributed by atoms with Crippen molar-refractivity contribution in [1.82, 2.24) is 5.32 Å². The van der Waals surface area contributed by atoms with Crippen LogP contribution in [0.4, 0.5) is 0 Å². The van der Waals surface area contributed by atoms with E-state index in [2.05, 4.69) is 5.32 Å². The van der Waals surface area contributed by atoms with Crippen LogP contribution < -0.4 is 5.32 Å². The predicted molar refractivity (Wildman–Crippen MR) is 45.6 cm³/mol. The van der Waals surface area contributed by atoms with Crippen molar-refractivity contribution in [3.05, 3.63) is 0 Å². The van der Waals surface area contributed by atoms with Crippen LogP contribution in [0.25, 0.3) is 0 Å². The van der Waals surface area contributed by atoms with Crippen molar-refractivity contribution in [3.8, 4) is 0 Å². The second-order valence-corrected chi connectivity index (χ2v) is 3.71. The van der Waals surface area contributed by atoms with E-state index in [0.717, 1.165) is 12.8 Å². The molecular formula is C9H15NO2. The van der Waals surface area contributed by atoms with Gasteiger partial charge in [0, 0.05) is 6.42 Å². The largest absolute Gasteiger partial charge is 0.349 e. The Balaban J connectivity index is 2.70. The minimum atomic E-state index is -0.440. The molecule has 1 atom stereocenters. The van der Waals surface area contributed by atoms with Gasteiger partial charge in [0.15, 0.2) is 5.78 Å². The van der Waals surface area contributed by atoms with E-state index in [-0.39, 0.29) is 18.2 Å². The lowest BCUT2D eigenvalue weighted by Crippen LogP contribution is -2.48. The maximum Gasteiger partial charge on any atom is 0.226 e. The molecule has 0 saturated carbocycles. The number of carbonyl (C=O) groups excluding carboxylic acids is 2. The Morgan fingerprint density at radius 1 is 1.50 bits per heavy atom. The standard InChI is InChI=1S/C9H15NO2/c1-3-4-9(2)5-7(11)6-10-8(9)12/h3-6H2,1-2H3,(H,10,12). The molecule has 1 aliphatic heterocycles. The van der Waals surface area contributed by atoms with Crippen LogP contribution in [0.2, 0.25) is 0 Å². The van der Waals surface area contributed by atoms with Crippen LogP contribution in [-0.2, 0) is 9.59 Å². The first-order valence-corrected chi connectivity index (χ1v) is 4.38. The molecule has 1 N–H and O–H groups in total. The number of hydrogen-bond donors (Lipinski definition) is 1. The highest BCUT2D eigenvalue weighted by molar-refractivity contribution is 5.96. The molecule has 0 aromatic heterocycles. The van der Waals surface area contributed by atoms with Crippen LogP contribution in [0, 0.1) is 5.41 Å². The number of rotatable bonds is 2. The van der Waals surface area contributed by atoms with Gasteiger partial charge in [-0.25, -0.2) is 0 Å². The second-order valence-electron chi connectivity index (χ2n) is 3.71. The minimum Gasteiger partial charge on any atom is -0.349 e. The minimum absolute atomic E-state index is 0.0314. The summed E-state index contributed by atoms with van der Waals surface area (Å²) in [6.45, 7) is 4.11. The molecule has 1 aliphatic rings. The van der Waals surface area contributed by atoms with E-state index in [1.807, 2.05) is 13.8 Å². The monoisotopic (exact) mass is 169 g/mol. The van der Waals surface area contributed by atoms with E-state index >= 15 is 0 Å². The van der Waals surface area contributed by atoms with Gasteiger partial charge in [0.2, 0.25) is 5.91 Å². The topological polar surface area (TPSA) is 46.2 Å². The summed E-state index contributed by atoms with van der Waals surface area (Å²) in [5.74, 6) is 0.175. The molecule has 1 amide bonds. The molecule has 3 heteroatoms. The molecule has 0 spiro atoms. The van der Waals surface area contributed by atoms with E-state index in [1.165, 1.54) is 0 Å². The summed E-state index contributed by atoms with van der Waals surface area (Å²) in [5.41, 5.74) is -0.440. The number of ketones is 1. The van der Waals surface area contributed by atoms with Gasteiger partial charge in [0.05, 0.1) is 12.0 Å². The van der Waals surface area contributed by atoms with Crippen molar-refractivity contribution >= 4 is 11.7 Å². The smallest absolute Gasteiger partial charge is 0.226 e. The van der Waals surface area contributed by atoms with Gasteiger partial charge < -0.3 is 5.32 Å². The lowest BCUT2D eigenvalue weighted by molar-refractivity contribution is -0.140. The third-order valence-electron chi connectivity index (χ3n) is 2.38. The molecule has 1 rings (SSSR count). The highest BCUT2D eigenvalue weighted by Crippen LogP contribution is 2.30. The Kier molecular flexibility index (Phi) is 2.50. The van der Waals surface area contributed by atoms with Crippen molar-refractivity contribution in [3.63, 3.8) is 0 Å². The first-order valence-electron chi connectivity index (χ1n) is 4.38. The molecular weight excluding hydrogens is 154 g/mol. The Bertz CT molecular complexity index is 213. The summed E-state index contributed by atoms with van der Waals surface area (Å²) in [4.78, 5) is 22.5. The van der Waals surface area contributed by atoms with Crippen molar-refractivity contribution in [2.24, 2.45) is 5.41 Å². The summed E-state index contributed by atoms with van der Waals surface area (Å²) in [5, 5.41) is 2.62. The zero-order valence-corrected chi connectivity index (χ0v) is 7.64. The molecule has 1 unspecified atom stereocenters.